The lowest BCUT2D eigenvalue weighted by Crippen LogP contribution is -2.37. The molecule has 0 bridgehead atoms. The van der Waals surface area contributed by atoms with E-state index >= 15 is 0 Å². The Morgan fingerprint density at radius 3 is 2.34 bits per heavy atom. The van der Waals surface area contributed by atoms with Crippen molar-refractivity contribution >= 4 is 12.7 Å². The van der Waals surface area contributed by atoms with E-state index in [1.165, 1.54) is 12.1 Å². The van der Waals surface area contributed by atoms with E-state index in [4.69, 9.17) is 9.47 Å². The third kappa shape index (κ3) is 8.38. The molecule has 35 heavy (non-hydrogen) atoms. The first-order valence-corrected chi connectivity index (χ1v) is 13.2. The highest BCUT2D eigenvalue weighted by Crippen LogP contribution is 2.39. The zero-order valence-electron chi connectivity index (χ0n) is 19.6. The maximum absolute atomic E-state index is 12.5. The first kappa shape index (κ1) is 26.7. The van der Waals surface area contributed by atoms with Crippen molar-refractivity contribution in [3.63, 3.8) is 0 Å². The number of nitrogens with one attached hydrogen (secondary N) is 1. The molecule has 9 heteroatoms. The zero-order chi connectivity index (χ0) is 25.3. The smallest absolute Gasteiger partial charge is 0.265 e. The summed E-state index contributed by atoms with van der Waals surface area (Å²) < 4.78 is 23.6. The van der Waals surface area contributed by atoms with E-state index in [0.29, 0.717) is 35.3 Å². The van der Waals surface area contributed by atoms with Gasteiger partial charge < -0.3 is 35.0 Å². The molecule has 3 atom stereocenters. The van der Waals surface area contributed by atoms with Gasteiger partial charge in [0.1, 0.15) is 30.0 Å². The van der Waals surface area contributed by atoms with Crippen LogP contribution in [0.4, 0.5) is 0 Å². The molecule has 3 rings (SSSR count). The second kappa shape index (κ2) is 12.7. The largest absolute Gasteiger partial charge is 0.508 e. The summed E-state index contributed by atoms with van der Waals surface area (Å²) in [6, 6.07) is 20.4. The highest BCUT2D eigenvalue weighted by Gasteiger charge is 2.22. The van der Waals surface area contributed by atoms with Gasteiger partial charge in [0.05, 0.1) is 6.61 Å². The minimum Gasteiger partial charge on any atom is -0.508 e. The number of hydrogen-bond donors (Lipinski definition) is 5. The number of hydrogen-bond acceptors (Lipinski definition) is 7. The normalized spacial score (nSPS) is 14.6. The van der Waals surface area contributed by atoms with E-state index in [9.17, 15) is 24.8 Å². The summed E-state index contributed by atoms with van der Waals surface area (Å²) in [6.45, 7) is 2.11. The lowest BCUT2D eigenvalue weighted by atomic mass is 10.1. The Bertz CT molecular complexity index is 1110. The molecule has 0 aliphatic heterocycles. The molecule has 8 nitrogen and oxygen atoms in total. The van der Waals surface area contributed by atoms with Gasteiger partial charge >= 0.3 is 0 Å². The molecule has 0 aliphatic rings. The molecule has 0 aliphatic carbocycles. The molecule has 3 aromatic carbocycles. The summed E-state index contributed by atoms with van der Waals surface area (Å²) >= 11 is 0. The average Bonchev–Trinajstić information content (AvgIpc) is 2.87. The maximum atomic E-state index is 12.5. The van der Waals surface area contributed by atoms with Gasteiger partial charge in [-0.3, -0.25) is 4.57 Å². The van der Waals surface area contributed by atoms with Gasteiger partial charge in [-0.15, -0.1) is 0 Å². The first-order valence-electron chi connectivity index (χ1n) is 11.3. The molecule has 0 saturated carbocycles. The summed E-state index contributed by atoms with van der Waals surface area (Å²) in [5.41, 5.74) is 1.42. The van der Waals surface area contributed by atoms with Crippen LogP contribution in [0.5, 0.6) is 17.2 Å². The lowest BCUT2D eigenvalue weighted by Gasteiger charge is -2.18. The van der Waals surface area contributed by atoms with Crippen molar-refractivity contribution in [2.75, 3.05) is 19.5 Å². The Labute approximate surface area is 205 Å². The third-order valence-corrected chi connectivity index (χ3v) is 6.98. The number of ether oxygens (including phenoxy) is 2. The van der Waals surface area contributed by atoms with Crippen LogP contribution in [0.2, 0.25) is 0 Å². The van der Waals surface area contributed by atoms with Crippen LogP contribution in [0.15, 0.2) is 72.8 Å². The average molecular weight is 502 g/mol. The Balaban J connectivity index is 1.39. The van der Waals surface area contributed by atoms with Crippen molar-refractivity contribution in [1.82, 2.24) is 5.32 Å². The van der Waals surface area contributed by atoms with Crippen LogP contribution < -0.4 is 20.1 Å². The Morgan fingerprint density at radius 2 is 1.66 bits per heavy atom. The first-order chi connectivity index (χ1) is 16.8. The fourth-order valence-corrected chi connectivity index (χ4v) is 4.52. The zero-order valence-corrected chi connectivity index (χ0v) is 20.5. The second-order valence-electron chi connectivity index (χ2n) is 8.38. The highest BCUT2D eigenvalue weighted by molar-refractivity contribution is 7.65. The van der Waals surface area contributed by atoms with E-state index in [1.807, 2.05) is 19.1 Å². The summed E-state index contributed by atoms with van der Waals surface area (Å²) in [5.74, 6) is 0.976. The Morgan fingerprint density at radius 1 is 0.971 bits per heavy atom. The molecule has 0 spiro atoms. The summed E-state index contributed by atoms with van der Waals surface area (Å²) in [5, 5.41) is 32.6. The van der Waals surface area contributed by atoms with Crippen LogP contribution in [0.1, 0.15) is 18.1 Å². The van der Waals surface area contributed by atoms with Crippen LogP contribution in [-0.4, -0.2) is 51.9 Å². The van der Waals surface area contributed by atoms with E-state index in [-0.39, 0.29) is 31.4 Å². The number of aliphatic hydroxyl groups excluding tert-OH is 2. The molecule has 0 heterocycles. The van der Waals surface area contributed by atoms with Gasteiger partial charge in [-0.2, -0.15) is 0 Å². The van der Waals surface area contributed by atoms with Crippen molar-refractivity contribution < 1.29 is 34.3 Å². The standard InChI is InChI=1S/C26H32NO7P/c1-19(27-15-22(29)17-33-24-11-12-26(30)21(14-24)16-28)13-20-7-9-23(10-8-20)34-18-35(31,32)25-5-3-2-4-6-25/h2-12,14,19,22,27-30H,13,15-18H2,1H3,(H,31,32). The summed E-state index contributed by atoms with van der Waals surface area (Å²) in [7, 11) is -3.58. The minimum absolute atomic E-state index is 0.00364. The highest BCUT2D eigenvalue weighted by atomic mass is 31.2. The lowest BCUT2D eigenvalue weighted by molar-refractivity contribution is 0.104. The van der Waals surface area contributed by atoms with Gasteiger partial charge in [0.25, 0.3) is 7.37 Å². The Kier molecular flexibility index (Phi) is 9.72. The van der Waals surface area contributed by atoms with E-state index in [1.54, 1.807) is 48.5 Å². The van der Waals surface area contributed by atoms with Crippen molar-refractivity contribution in [3.05, 3.63) is 83.9 Å². The number of benzene rings is 3. The van der Waals surface area contributed by atoms with Crippen LogP contribution in [0.25, 0.3) is 0 Å². The van der Waals surface area contributed by atoms with Gasteiger partial charge in [-0.1, -0.05) is 30.3 Å². The fourth-order valence-electron chi connectivity index (χ4n) is 3.41. The topological polar surface area (TPSA) is 128 Å². The predicted octanol–water partition coefficient (Wildman–Crippen LogP) is 2.78. The summed E-state index contributed by atoms with van der Waals surface area (Å²) in [6.07, 6.45) is -0.313. The van der Waals surface area contributed by atoms with Crippen molar-refractivity contribution in [1.29, 1.82) is 0 Å². The van der Waals surface area contributed by atoms with E-state index in [2.05, 4.69) is 5.32 Å². The number of rotatable bonds is 13. The molecular formula is C26H32NO7P. The third-order valence-electron chi connectivity index (χ3n) is 5.40. The fraction of sp³-hybridized carbons (Fsp3) is 0.308. The molecule has 0 saturated heterocycles. The monoisotopic (exact) mass is 501 g/mol. The van der Waals surface area contributed by atoms with Gasteiger partial charge in [-0.05, 0) is 61.4 Å². The Hall–Kier alpha value is -2.87. The van der Waals surface area contributed by atoms with Crippen molar-refractivity contribution in [2.24, 2.45) is 0 Å². The molecule has 5 N–H and O–H groups in total. The second-order valence-corrected chi connectivity index (χ2v) is 10.6. The molecule has 3 aromatic rings. The van der Waals surface area contributed by atoms with Gasteiger partial charge in [0.15, 0.2) is 6.35 Å². The van der Waals surface area contributed by atoms with Gasteiger partial charge in [0.2, 0.25) is 0 Å². The van der Waals surface area contributed by atoms with Gasteiger partial charge in [0, 0.05) is 23.5 Å². The van der Waals surface area contributed by atoms with Crippen LogP contribution >= 0.6 is 7.37 Å². The van der Waals surface area contributed by atoms with Crippen molar-refractivity contribution in [3.8, 4) is 17.2 Å². The quantitative estimate of drug-likeness (QED) is 0.226. The molecule has 3 unspecified atom stereocenters. The van der Waals surface area contributed by atoms with Crippen LogP contribution in [0, 0.1) is 0 Å². The predicted molar refractivity (Wildman–Crippen MR) is 135 cm³/mol. The number of aromatic hydroxyl groups is 1. The van der Waals surface area contributed by atoms with Crippen LogP contribution in [-0.2, 0) is 17.6 Å². The summed E-state index contributed by atoms with van der Waals surface area (Å²) in [4.78, 5) is 10.2. The molecule has 0 radical (unpaired) electrons. The number of aliphatic hydroxyl groups is 2. The maximum Gasteiger partial charge on any atom is 0.265 e. The SMILES string of the molecule is CC(Cc1ccc(OCP(=O)(O)c2ccccc2)cc1)NCC(O)COc1ccc(O)c(CO)c1. The minimum atomic E-state index is -3.58. The molecule has 0 aromatic heterocycles. The van der Waals surface area contributed by atoms with Gasteiger partial charge in [-0.25, -0.2) is 0 Å². The molecular weight excluding hydrogens is 469 g/mol. The molecule has 188 valence electrons. The van der Waals surface area contributed by atoms with Crippen molar-refractivity contribution in [2.45, 2.75) is 32.1 Å². The van der Waals surface area contributed by atoms with Crippen LogP contribution in [0.3, 0.4) is 0 Å². The molecule has 0 fully saturated rings. The number of phenols is 1. The molecule has 0 amide bonds. The van der Waals surface area contributed by atoms with E-state index < -0.39 is 13.5 Å². The van der Waals surface area contributed by atoms with E-state index in [0.717, 1.165) is 5.56 Å².